The number of methoxy groups -OCH3 is 1. The SMILES string of the molecule is COc1cccc(C(=O)CCC2CCCNC2)c1F. The minimum atomic E-state index is -0.545. The summed E-state index contributed by atoms with van der Waals surface area (Å²) >= 11 is 0. The maximum Gasteiger partial charge on any atom is 0.175 e. The van der Waals surface area contributed by atoms with Crippen LogP contribution in [0, 0.1) is 11.7 Å². The molecule has 1 aliphatic rings. The molecule has 1 aromatic rings. The molecule has 0 aliphatic carbocycles. The Morgan fingerprint density at radius 1 is 1.53 bits per heavy atom. The number of carbonyl (C=O) groups is 1. The molecule has 1 aliphatic heterocycles. The highest BCUT2D eigenvalue weighted by atomic mass is 19.1. The van der Waals surface area contributed by atoms with Crippen LogP contribution in [0.5, 0.6) is 5.75 Å². The number of nitrogens with one attached hydrogen (secondary N) is 1. The average Bonchev–Trinajstić information content (AvgIpc) is 2.46. The molecule has 0 amide bonds. The van der Waals surface area contributed by atoms with Crippen molar-refractivity contribution in [1.29, 1.82) is 0 Å². The smallest absolute Gasteiger partial charge is 0.175 e. The van der Waals surface area contributed by atoms with E-state index in [4.69, 9.17) is 4.74 Å². The summed E-state index contributed by atoms with van der Waals surface area (Å²) in [6, 6.07) is 4.70. The van der Waals surface area contributed by atoms with Crippen molar-refractivity contribution < 1.29 is 13.9 Å². The lowest BCUT2D eigenvalue weighted by molar-refractivity contribution is 0.0966. The second-order valence-electron chi connectivity index (χ2n) is 5.00. The van der Waals surface area contributed by atoms with Gasteiger partial charge in [0.05, 0.1) is 12.7 Å². The standard InChI is InChI=1S/C15H20FNO2/c1-19-14-6-2-5-12(15(14)16)13(18)8-7-11-4-3-9-17-10-11/h2,5-6,11,17H,3-4,7-10H2,1H3. The predicted molar refractivity (Wildman–Crippen MR) is 72.1 cm³/mol. The highest BCUT2D eigenvalue weighted by Gasteiger charge is 2.18. The monoisotopic (exact) mass is 265 g/mol. The van der Waals surface area contributed by atoms with Crippen LogP contribution in [0.1, 0.15) is 36.0 Å². The molecule has 4 heteroatoms. The molecule has 104 valence electrons. The van der Waals surface area contributed by atoms with Crippen LogP contribution in [0.3, 0.4) is 0 Å². The molecule has 0 radical (unpaired) electrons. The lowest BCUT2D eigenvalue weighted by atomic mass is 9.92. The van der Waals surface area contributed by atoms with E-state index in [1.165, 1.54) is 19.2 Å². The Balaban J connectivity index is 1.95. The van der Waals surface area contributed by atoms with Crippen LogP contribution in [-0.4, -0.2) is 26.0 Å². The first kappa shape index (κ1) is 14.0. The summed E-state index contributed by atoms with van der Waals surface area (Å²) in [7, 11) is 1.40. The fourth-order valence-corrected chi connectivity index (χ4v) is 2.52. The zero-order chi connectivity index (χ0) is 13.7. The van der Waals surface area contributed by atoms with Gasteiger partial charge in [0.1, 0.15) is 0 Å². The summed E-state index contributed by atoms with van der Waals surface area (Å²) in [6.07, 6.45) is 3.53. The van der Waals surface area contributed by atoms with Crippen molar-refractivity contribution in [3.63, 3.8) is 0 Å². The number of piperidine rings is 1. The van der Waals surface area contributed by atoms with Crippen molar-refractivity contribution in [2.45, 2.75) is 25.7 Å². The van der Waals surface area contributed by atoms with Crippen molar-refractivity contribution in [2.75, 3.05) is 20.2 Å². The summed E-state index contributed by atoms with van der Waals surface area (Å²) < 4.78 is 18.8. The van der Waals surface area contributed by atoms with E-state index >= 15 is 0 Å². The average molecular weight is 265 g/mol. The van der Waals surface area contributed by atoms with Crippen molar-refractivity contribution in [3.8, 4) is 5.75 Å². The van der Waals surface area contributed by atoms with Gasteiger partial charge in [0.15, 0.2) is 17.3 Å². The maximum absolute atomic E-state index is 13.9. The highest BCUT2D eigenvalue weighted by Crippen LogP contribution is 2.23. The Kier molecular flexibility index (Phi) is 4.91. The molecule has 1 atom stereocenters. The van der Waals surface area contributed by atoms with Crippen molar-refractivity contribution in [2.24, 2.45) is 5.92 Å². The van der Waals surface area contributed by atoms with Crippen molar-refractivity contribution in [1.82, 2.24) is 5.32 Å². The van der Waals surface area contributed by atoms with Gasteiger partial charge in [0, 0.05) is 6.42 Å². The van der Waals surface area contributed by atoms with Crippen molar-refractivity contribution in [3.05, 3.63) is 29.6 Å². The van der Waals surface area contributed by atoms with E-state index in [1.807, 2.05) is 0 Å². The van der Waals surface area contributed by atoms with E-state index in [9.17, 15) is 9.18 Å². The van der Waals surface area contributed by atoms with Gasteiger partial charge < -0.3 is 10.1 Å². The van der Waals surface area contributed by atoms with Gasteiger partial charge in [-0.15, -0.1) is 0 Å². The quantitative estimate of drug-likeness (QED) is 0.832. The van der Waals surface area contributed by atoms with E-state index in [2.05, 4.69) is 5.32 Å². The molecule has 1 fully saturated rings. The molecule has 2 rings (SSSR count). The van der Waals surface area contributed by atoms with E-state index in [1.54, 1.807) is 6.07 Å². The van der Waals surface area contributed by atoms with Crippen LogP contribution in [0.15, 0.2) is 18.2 Å². The molecule has 1 unspecified atom stereocenters. The summed E-state index contributed by atoms with van der Waals surface area (Å²) in [5, 5.41) is 3.32. The summed E-state index contributed by atoms with van der Waals surface area (Å²) in [6.45, 7) is 2.03. The topological polar surface area (TPSA) is 38.3 Å². The number of Topliss-reactive ketones (excluding diaryl/α,β-unsaturated/α-hetero) is 1. The van der Waals surface area contributed by atoms with Gasteiger partial charge in [-0.3, -0.25) is 4.79 Å². The Bertz CT molecular complexity index is 442. The molecule has 1 heterocycles. The number of carbonyl (C=O) groups excluding carboxylic acids is 1. The van der Waals surface area contributed by atoms with E-state index in [0.717, 1.165) is 32.4 Å². The second-order valence-corrected chi connectivity index (χ2v) is 5.00. The third-order valence-corrected chi connectivity index (χ3v) is 3.66. The Morgan fingerprint density at radius 3 is 3.05 bits per heavy atom. The molecule has 0 spiro atoms. The van der Waals surface area contributed by atoms with Crippen LogP contribution in [-0.2, 0) is 0 Å². The van der Waals surface area contributed by atoms with Gasteiger partial charge in [-0.2, -0.15) is 0 Å². The van der Waals surface area contributed by atoms with Crippen LogP contribution < -0.4 is 10.1 Å². The first-order chi connectivity index (χ1) is 9.22. The molecule has 1 saturated heterocycles. The lowest BCUT2D eigenvalue weighted by Gasteiger charge is -2.22. The van der Waals surface area contributed by atoms with E-state index in [0.29, 0.717) is 12.3 Å². The second kappa shape index (κ2) is 6.66. The number of hydrogen-bond acceptors (Lipinski definition) is 3. The summed E-state index contributed by atoms with van der Waals surface area (Å²) in [5.41, 5.74) is 0.142. The third kappa shape index (κ3) is 3.53. The number of ether oxygens (including phenoxy) is 1. The Hall–Kier alpha value is -1.42. The van der Waals surface area contributed by atoms with Crippen LogP contribution in [0.25, 0.3) is 0 Å². The molecule has 3 nitrogen and oxygen atoms in total. The van der Waals surface area contributed by atoms with Gasteiger partial charge in [-0.25, -0.2) is 4.39 Å². The number of ketones is 1. The summed E-state index contributed by atoms with van der Waals surface area (Å²) in [5.74, 6) is -0.0182. The Labute approximate surface area is 113 Å². The predicted octanol–water partition coefficient (Wildman–Crippen LogP) is 2.80. The van der Waals surface area contributed by atoms with Gasteiger partial charge in [-0.05, 0) is 50.4 Å². The zero-order valence-electron chi connectivity index (χ0n) is 11.2. The first-order valence-electron chi connectivity index (χ1n) is 6.78. The normalized spacial score (nSPS) is 19.2. The highest BCUT2D eigenvalue weighted by molar-refractivity contribution is 5.96. The molecular formula is C15H20FNO2. The molecule has 19 heavy (non-hydrogen) atoms. The molecule has 0 bridgehead atoms. The van der Waals surface area contributed by atoms with Crippen LogP contribution in [0.4, 0.5) is 4.39 Å². The minimum absolute atomic E-state index is 0.130. The first-order valence-corrected chi connectivity index (χ1v) is 6.78. The third-order valence-electron chi connectivity index (χ3n) is 3.66. The number of hydrogen-bond donors (Lipinski definition) is 1. The zero-order valence-corrected chi connectivity index (χ0v) is 11.2. The van der Waals surface area contributed by atoms with E-state index < -0.39 is 5.82 Å². The molecule has 0 aromatic heterocycles. The number of rotatable bonds is 5. The van der Waals surface area contributed by atoms with Gasteiger partial charge in [0.2, 0.25) is 0 Å². The van der Waals surface area contributed by atoms with Crippen molar-refractivity contribution >= 4 is 5.78 Å². The molecule has 1 aromatic carbocycles. The van der Waals surface area contributed by atoms with E-state index in [-0.39, 0.29) is 17.1 Å². The van der Waals surface area contributed by atoms with Gasteiger partial charge >= 0.3 is 0 Å². The van der Waals surface area contributed by atoms with Crippen LogP contribution in [0.2, 0.25) is 0 Å². The number of benzene rings is 1. The molecule has 1 N–H and O–H groups in total. The lowest BCUT2D eigenvalue weighted by Crippen LogP contribution is -2.30. The summed E-state index contributed by atoms with van der Waals surface area (Å²) in [4.78, 5) is 12.1. The fourth-order valence-electron chi connectivity index (χ4n) is 2.52. The van der Waals surface area contributed by atoms with Gasteiger partial charge in [0.25, 0.3) is 0 Å². The minimum Gasteiger partial charge on any atom is -0.494 e. The molecular weight excluding hydrogens is 245 g/mol. The van der Waals surface area contributed by atoms with Gasteiger partial charge in [-0.1, -0.05) is 6.07 Å². The fraction of sp³-hybridized carbons (Fsp3) is 0.533. The molecule has 0 saturated carbocycles. The van der Waals surface area contributed by atoms with Crippen LogP contribution >= 0.6 is 0 Å². The number of halogens is 1. The largest absolute Gasteiger partial charge is 0.494 e. The maximum atomic E-state index is 13.9. The Morgan fingerprint density at radius 2 is 2.37 bits per heavy atom.